The molecule has 2 aromatic rings. The number of hydrogen-bond donors (Lipinski definition) is 0. The Kier molecular flexibility index (Phi) is 10.5. The van der Waals surface area contributed by atoms with Crippen molar-refractivity contribution in [1.29, 1.82) is 0 Å². The van der Waals surface area contributed by atoms with Crippen molar-refractivity contribution in [2.75, 3.05) is 39.3 Å². The fourth-order valence-electron chi connectivity index (χ4n) is 4.95. The number of halogens is 2. The van der Waals surface area contributed by atoms with Crippen LogP contribution < -0.4 is 0 Å². The minimum atomic E-state index is 0. The minimum Gasteiger partial charge on any atom is -0.303 e. The number of rotatable bonds is 6. The van der Waals surface area contributed by atoms with E-state index in [0.717, 1.165) is 11.8 Å². The van der Waals surface area contributed by atoms with Gasteiger partial charge < -0.3 is 9.80 Å². The Balaban J connectivity index is 0.00000150. The molecule has 0 spiro atoms. The third-order valence-corrected chi connectivity index (χ3v) is 6.67. The Hall–Kier alpha value is -1.06. The van der Waals surface area contributed by atoms with Crippen LogP contribution in [0.2, 0.25) is 0 Å². The van der Waals surface area contributed by atoms with Gasteiger partial charge in [0.1, 0.15) is 0 Å². The van der Waals surface area contributed by atoms with E-state index in [9.17, 15) is 0 Å². The molecule has 4 rings (SSSR count). The topological polar surface area (TPSA) is 6.48 Å². The first-order chi connectivity index (χ1) is 13.4. The molecule has 2 saturated heterocycles. The normalized spacial score (nSPS) is 19.3. The number of likely N-dealkylation sites (tertiary alicyclic amines) is 2. The molecule has 2 aliphatic rings. The van der Waals surface area contributed by atoms with Crippen molar-refractivity contribution < 1.29 is 0 Å². The first kappa shape index (κ1) is 24.2. The van der Waals surface area contributed by atoms with Gasteiger partial charge in [-0.1, -0.05) is 60.7 Å². The van der Waals surface area contributed by atoms with Crippen LogP contribution in [-0.4, -0.2) is 49.1 Å². The molecule has 0 unspecified atom stereocenters. The molecule has 0 N–H and O–H groups in total. The van der Waals surface area contributed by atoms with Crippen LogP contribution in [0, 0.1) is 0 Å². The number of piperidine rings is 2. The van der Waals surface area contributed by atoms with Crippen LogP contribution in [0.15, 0.2) is 60.7 Å². The minimum absolute atomic E-state index is 0. The van der Waals surface area contributed by atoms with Gasteiger partial charge in [-0.25, -0.2) is 0 Å². The van der Waals surface area contributed by atoms with Gasteiger partial charge in [0, 0.05) is 0 Å². The van der Waals surface area contributed by atoms with E-state index in [2.05, 4.69) is 70.5 Å². The summed E-state index contributed by atoms with van der Waals surface area (Å²) in [4.78, 5) is 5.38. The van der Waals surface area contributed by atoms with Crippen molar-refractivity contribution in [2.24, 2.45) is 0 Å². The van der Waals surface area contributed by atoms with Crippen molar-refractivity contribution in [1.82, 2.24) is 9.80 Å². The lowest BCUT2D eigenvalue weighted by Gasteiger charge is -2.34. The molecule has 0 amide bonds. The van der Waals surface area contributed by atoms with Gasteiger partial charge in [-0.05, 0) is 94.3 Å². The molecule has 0 saturated carbocycles. The largest absolute Gasteiger partial charge is 0.303 e. The van der Waals surface area contributed by atoms with Crippen molar-refractivity contribution >= 4 is 24.8 Å². The van der Waals surface area contributed by atoms with Crippen LogP contribution in [0.1, 0.15) is 55.1 Å². The molecule has 29 heavy (non-hydrogen) atoms. The standard InChI is InChI=1S/C25H34N2.2ClH/c1-3-8-22(9-4-1)24-12-18-26(19-13-24)16-7-17-27-20-14-25(15-21-27)23-10-5-2-6-11-23;;/h1-6,8-11,24-25H,7,12-21H2;2*1H. The van der Waals surface area contributed by atoms with E-state index < -0.39 is 0 Å². The fraction of sp³-hybridized carbons (Fsp3) is 0.520. The molecular formula is C25H36Cl2N2. The van der Waals surface area contributed by atoms with E-state index in [0.29, 0.717) is 0 Å². The summed E-state index contributed by atoms with van der Waals surface area (Å²) in [6.07, 6.45) is 6.63. The van der Waals surface area contributed by atoms with Crippen molar-refractivity contribution in [3.05, 3.63) is 71.8 Å². The van der Waals surface area contributed by atoms with Crippen LogP contribution in [0.4, 0.5) is 0 Å². The van der Waals surface area contributed by atoms with Gasteiger partial charge in [-0.3, -0.25) is 0 Å². The smallest absolute Gasteiger partial charge is 0.000654 e. The Morgan fingerprint density at radius 2 is 0.897 bits per heavy atom. The first-order valence-corrected chi connectivity index (χ1v) is 10.9. The molecule has 0 radical (unpaired) electrons. The SMILES string of the molecule is Cl.Cl.c1ccc(C2CCN(CCCN3CCC(c4ccccc4)CC3)CC2)cc1. The average Bonchev–Trinajstić information content (AvgIpc) is 2.76. The Morgan fingerprint density at radius 1 is 0.552 bits per heavy atom. The number of hydrogen-bond acceptors (Lipinski definition) is 2. The summed E-state index contributed by atoms with van der Waals surface area (Å²) in [5.41, 5.74) is 3.08. The summed E-state index contributed by atoms with van der Waals surface area (Å²) in [6.45, 7) is 7.65. The quantitative estimate of drug-likeness (QED) is 0.551. The van der Waals surface area contributed by atoms with E-state index in [1.54, 1.807) is 11.1 Å². The molecule has 4 heteroatoms. The molecule has 0 bridgehead atoms. The highest BCUT2D eigenvalue weighted by Crippen LogP contribution is 2.29. The van der Waals surface area contributed by atoms with Crippen molar-refractivity contribution in [2.45, 2.75) is 43.9 Å². The maximum atomic E-state index is 2.69. The molecule has 160 valence electrons. The summed E-state index contributed by atoms with van der Waals surface area (Å²) in [7, 11) is 0. The predicted octanol–water partition coefficient (Wildman–Crippen LogP) is 5.98. The lowest BCUT2D eigenvalue weighted by Crippen LogP contribution is -2.37. The van der Waals surface area contributed by atoms with Gasteiger partial charge in [0.05, 0.1) is 0 Å². The zero-order valence-electron chi connectivity index (χ0n) is 17.4. The maximum absolute atomic E-state index is 2.69. The molecule has 0 atom stereocenters. The van der Waals surface area contributed by atoms with Crippen LogP contribution in [0.3, 0.4) is 0 Å². The van der Waals surface area contributed by atoms with E-state index >= 15 is 0 Å². The molecule has 2 aromatic carbocycles. The fourth-order valence-corrected chi connectivity index (χ4v) is 4.95. The van der Waals surface area contributed by atoms with Gasteiger partial charge in [-0.2, -0.15) is 0 Å². The van der Waals surface area contributed by atoms with Gasteiger partial charge in [0.2, 0.25) is 0 Å². The monoisotopic (exact) mass is 434 g/mol. The molecule has 2 heterocycles. The molecular weight excluding hydrogens is 399 g/mol. The van der Waals surface area contributed by atoms with Gasteiger partial charge in [0.25, 0.3) is 0 Å². The average molecular weight is 435 g/mol. The Morgan fingerprint density at radius 3 is 1.24 bits per heavy atom. The van der Waals surface area contributed by atoms with Gasteiger partial charge >= 0.3 is 0 Å². The lowest BCUT2D eigenvalue weighted by molar-refractivity contribution is 0.175. The van der Waals surface area contributed by atoms with Crippen molar-refractivity contribution in [3.63, 3.8) is 0 Å². The van der Waals surface area contributed by atoms with E-state index in [4.69, 9.17) is 0 Å². The molecule has 0 aliphatic carbocycles. The van der Waals surface area contributed by atoms with Crippen LogP contribution in [0.5, 0.6) is 0 Å². The number of benzene rings is 2. The second kappa shape index (κ2) is 12.6. The van der Waals surface area contributed by atoms with E-state index in [-0.39, 0.29) is 24.8 Å². The van der Waals surface area contributed by atoms with E-state index in [1.165, 1.54) is 71.4 Å². The summed E-state index contributed by atoms with van der Waals surface area (Å²) in [6, 6.07) is 22.2. The first-order valence-electron chi connectivity index (χ1n) is 10.9. The van der Waals surface area contributed by atoms with Crippen LogP contribution >= 0.6 is 24.8 Å². The Labute approximate surface area is 189 Å². The van der Waals surface area contributed by atoms with Gasteiger partial charge in [0.15, 0.2) is 0 Å². The zero-order valence-corrected chi connectivity index (χ0v) is 19.1. The molecule has 0 aromatic heterocycles. The zero-order chi connectivity index (χ0) is 18.3. The summed E-state index contributed by atoms with van der Waals surface area (Å²) >= 11 is 0. The summed E-state index contributed by atoms with van der Waals surface area (Å²) in [5, 5.41) is 0. The Bertz CT molecular complexity index is 604. The molecule has 2 fully saturated rings. The molecule has 2 aliphatic heterocycles. The highest BCUT2D eigenvalue weighted by Gasteiger charge is 2.22. The van der Waals surface area contributed by atoms with E-state index in [1.807, 2.05) is 0 Å². The lowest BCUT2D eigenvalue weighted by atomic mass is 9.89. The highest BCUT2D eigenvalue weighted by atomic mass is 35.5. The van der Waals surface area contributed by atoms with Crippen LogP contribution in [0.25, 0.3) is 0 Å². The maximum Gasteiger partial charge on any atom is -0.000654 e. The molecule has 2 nitrogen and oxygen atoms in total. The third-order valence-electron chi connectivity index (χ3n) is 6.67. The van der Waals surface area contributed by atoms with Crippen molar-refractivity contribution in [3.8, 4) is 0 Å². The summed E-state index contributed by atoms with van der Waals surface area (Å²) < 4.78 is 0. The third kappa shape index (κ3) is 7.00. The van der Waals surface area contributed by atoms with Crippen LogP contribution in [-0.2, 0) is 0 Å². The highest BCUT2D eigenvalue weighted by molar-refractivity contribution is 5.85. The predicted molar refractivity (Wildman–Crippen MR) is 129 cm³/mol. The second-order valence-electron chi connectivity index (χ2n) is 8.41. The summed E-state index contributed by atoms with van der Waals surface area (Å²) in [5.74, 6) is 1.55. The second-order valence-corrected chi connectivity index (χ2v) is 8.41. The van der Waals surface area contributed by atoms with Gasteiger partial charge in [-0.15, -0.1) is 24.8 Å². The number of nitrogens with zero attached hydrogens (tertiary/aromatic N) is 2.